The molecule has 27 heavy (non-hydrogen) atoms. The maximum Gasteiger partial charge on any atom is 0.313 e. The van der Waals surface area contributed by atoms with Crippen LogP contribution >= 0.6 is 0 Å². The predicted octanol–water partition coefficient (Wildman–Crippen LogP) is 1.38. The van der Waals surface area contributed by atoms with Crippen molar-refractivity contribution in [3.8, 4) is 0 Å². The Bertz CT molecular complexity index is 669. The maximum absolute atomic E-state index is 12.4. The molecule has 1 aliphatic rings. The van der Waals surface area contributed by atoms with Crippen molar-refractivity contribution in [2.45, 2.75) is 32.6 Å². The summed E-state index contributed by atoms with van der Waals surface area (Å²) < 4.78 is 5.07. The van der Waals surface area contributed by atoms with Crippen molar-refractivity contribution in [2.24, 2.45) is 5.41 Å². The molecule has 1 atom stereocenters. The zero-order chi connectivity index (χ0) is 19.9. The number of amides is 2. The van der Waals surface area contributed by atoms with Gasteiger partial charge in [0.1, 0.15) is 5.41 Å². The maximum atomic E-state index is 12.4. The van der Waals surface area contributed by atoms with Crippen LogP contribution in [-0.2, 0) is 25.5 Å². The van der Waals surface area contributed by atoms with Gasteiger partial charge >= 0.3 is 5.97 Å². The number of carboxylic acids is 1. The minimum Gasteiger partial charge on any atom is -0.481 e. The third-order valence-corrected chi connectivity index (χ3v) is 5.00. The van der Waals surface area contributed by atoms with Crippen molar-refractivity contribution >= 4 is 17.8 Å². The fourth-order valence-corrected chi connectivity index (χ4v) is 3.36. The molecule has 7 heteroatoms. The second-order valence-corrected chi connectivity index (χ2v) is 7.20. The first-order valence-electron chi connectivity index (χ1n) is 9.19. The number of nitrogens with zero attached hydrogens (tertiary/aromatic N) is 1. The number of hydrogen-bond acceptors (Lipinski definition) is 4. The summed E-state index contributed by atoms with van der Waals surface area (Å²) in [6, 6.07) is 7.98. The average molecular weight is 376 g/mol. The first kappa shape index (κ1) is 20.9. The SMILES string of the molecule is COCC1(C(=O)O)CCCN(C(=O)CNC(=O)CCc2ccc(C)cc2)C1. The van der Waals surface area contributed by atoms with Gasteiger partial charge in [-0.3, -0.25) is 14.4 Å². The number of carbonyl (C=O) groups is 3. The van der Waals surface area contributed by atoms with E-state index in [-0.39, 0.29) is 31.5 Å². The van der Waals surface area contributed by atoms with Crippen LogP contribution in [0, 0.1) is 12.3 Å². The van der Waals surface area contributed by atoms with Crippen LogP contribution in [0.5, 0.6) is 0 Å². The van der Waals surface area contributed by atoms with Crippen molar-refractivity contribution in [2.75, 3.05) is 33.4 Å². The normalized spacial score (nSPS) is 19.6. The lowest BCUT2D eigenvalue weighted by Gasteiger charge is -2.39. The second-order valence-electron chi connectivity index (χ2n) is 7.20. The standard InChI is InChI=1S/C20H28N2O5/c1-15-4-6-16(7-5-15)8-9-17(23)21-12-18(24)22-11-3-10-20(13-22,14-27-2)19(25)26/h4-7H,3,8-14H2,1-2H3,(H,21,23)(H,25,26). The van der Waals surface area contributed by atoms with Crippen LogP contribution in [0.2, 0.25) is 0 Å². The number of piperidine rings is 1. The van der Waals surface area contributed by atoms with Gasteiger partial charge in [-0.15, -0.1) is 0 Å². The number of aryl methyl sites for hydroxylation is 2. The third kappa shape index (κ3) is 5.79. The molecule has 148 valence electrons. The molecule has 1 aromatic carbocycles. The van der Waals surface area contributed by atoms with Crippen molar-refractivity contribution in [1.82, 2.24) is 10.2 Å². The Labute approximate surface area is 159 Å². The molecule has 1 saturated heterocycles. The number of ether oxygens (including phenoxy) is 1. The monoisotopic (exact) mass is 376 g/mol. The Balaban J connectivity index is 1.81. The molecule has 1 unspecified atom stereocenters. The minimum absolute atomic E-state index is 0.0645. The highest BCUT2D eigenvalue weighted by molar-refractivity contribution is 5.85. The Hall–Kier alpha value is -2.41. The average Bonchev–Trinajstić information content (AvgIpc) is 2.66. The summed E-state index contributed by atoms with van der Waals surface area (Å²) in [5.74, 6) is -1.41. The fraction of sp³-hybridized carbons (Fsp3) is 0.550. The van der Waals surface area contributed by atoms with Crippen molar-refractivity contribution in [3.63, 3.8) is 0 Å². The largest absolute Gasteiger partial charge is 0.481 e. The molecule has 1 aromatic rings. The van der Waals surface area contributed by atoms with Gasteiger partial charge in [-0.05, 0) is 31.7 Å². The Morgan fingerprint density at radius 3 is 2.59 bits per heavy atom. The molecular weight excluding hydrogens is 348 g/mol. The summed E-state index contributed by atoms with van der Waals surface area (Å²) >= 11 is 0. The van der Waals surface area contributed by atoms with E-state index >= 15 is 0 Å². The number of hydrogen-bond donors (Lipinski definition) is 2. The van der Waals surface area contributed by atoms with E-state index in [4.69, 9.17) is 4.74 Å². The summed E-state index contributed by atoms with van der Waals surface area (Å²) in [5, 5.41) is 12.2. The number of carboxylic acid groups (broad SMARTS) is 1. The molecule has 7 nitrogen and oxygen atoms in total. The van der Waals surface area contributed by atoms with Gasteiger partial charge < -0.3 is 20.1 Å². The van der Waals surface area contributed by atoms with Crippen molar-refractivity contribution < 1.29 is 24.2 Å². The van der Waals surface area contributed by atoms with Gasteiger partial charge in [-0.1, -0.05) is 29.8 Å². The minimum atomic E-state index is -1.07. The lowest BCUT2D eigenvalue weighted by molar-refractivity contribution is -0.159. The van der Waals surface area contributed by atoms with Gasteiger partial charge in [0.15, 0.2) is 0 Å². The summed E-state index contributed by atoms with van der Waals surface area (Å²) in [6.07, 6.45) is 1.99. The summed E-state index contributed by atoms with van der Waals surface area (Å²) in [7, 11) is 1.46. The van der Waals surface area contributed by atoms with Crippen LogP contribution in [0.15, 0.2) is 24.3 Å². The van der Waals surface area contributed by atoms with Crippen LogP contribution in [0.25, 0.3) is 0 Å². The number of rotatable bonds is 8. The van der Waals surface area contributed by atoms with Gasteiger partial charge in [0, 0.05) is 26.6 Å². The Morgan fingerprint density at radius 1 is 1.26 bits per heavy atom. The molecule has 0 saturated carbocycles. The first-order chi connectivity index (χ1) is 12.9. The molecule has 0 radical (unpaired) electrons. The molecule has 0 aromatic heterocycles. The van der Waals surface area contributed by atoms with E-state index in [9.17, 15) is 19.5 Å². The molecular formula is C20H28N2O5. The molecule has 1 heterocycles. The highest BCUT2D eigenvalue weighted by Crippen LogP contribution is 2.30. The van der Waals surface area contributed by atoms with E-state index in [1.807, 2.05) is 31.2 Å². The van der Waals surface area contributed by atoms with Gasteiger partial charge in [0.25, 0.3) is 0 Å². The molecule has 0 bridgehead atoms. The van der Waals surface area contributed by atoms with E-state index in [0.29, 0.717) is 32.2 Å². The van der Waals surface area contributed by atoms with Crippen LogP contribution in [0.3, 0.4) is 0 Å². The molecule has 1 fully saturated rings. The smallest absolute Gasteiger partial charge is 0.313 e. The zero-order valence-electron chi connectivity index (χ0n) is 16.0. The summed E-state index contributed by atoms with van der Waals surface area (Å²) in [5.41, 5.74) is 1.17. The van der Waals surface area contributed by atoms with Crippen LogP contribution in [0.1, 0.15) is 30.4 Å². The van der Waals surface area contributed by atoms with Crippen LogP contribution in [-0.4, -0.2) is 61.1 Å². The molecule has 2 N–H and O–H groups in total. The molecule has 1 aliphatic heterocycles. The quantitative estimate of drug-likeness (QED) is 0.715. The number of nitrogens with one attached hydrogen (secondary N) is 1. The van der Waals surface area contributed by atoms with E-state index in [2.05, 4.69) is 5.32 Å². The third-order valence-electron chi connectivity index (χ3n) is 5.00. The van der Waals surface area contributed by atoms with Gasteiger partial charge in [0.05, 0.1) is 13.2 Å². The summed E-state index contributed by atoms with van der Waals surface area (Å²) in [6.45, 7) is 2.56. The number of benzene rings is 1. The summed E-state index contributed by atoms with van der Waals surface area (Å²) in [4.78, 5) is 37.6. The first-order valence-corrected chi connectivity index (χ1v) is 9.19. The van der Waals surface area contributed by atoms with E-state index in [1.165, 1.54) is 17.6 Å². The zero-order valence-corrected chi connectivity index (χ0v) is 16.0. The van der Waals surface area contributed by atoms with Crippen molar-refractivity contribution in [3.05, 3.63) is 35.4 Å². The Kier molecular flexibility index (Phi) is 7.36. The highest BCUT2D eigenvalue weighted by Gasteiger charge is 2.43. The number of methoxy groups -OCH3 is 1. The van der Waals surface area contributed by atoms with E-state index in [0.717, 1.165) is 5.56 Å². The van der Waals surface area contributed by atoms with E-state index in [1.54, 1.807) is 0 Å². The Morgan fingerprint density at radius 2 is 1.96 bits per heavy atom. The van der Waals surface area contributed by atoms with Crippen LogP contribution in [0.4, 0.5) is 0 Å². The second kappa shape index (κ2) is 9.50. The number of likely N-dealkylation sites (tertiary alicyclic amines) is 1. The predicted molar refractivity (Wildman–Crippen MR) is 100 cm³/mol. The molecule has 2 rings (SSSR count). The molecule has 0 spiro atoms. The molecule has 0 aliphatic carbocycles. The fourth-order valence-electron chi connectivity index (χ4n) is 3.36. The van der Waals surface area contributed by atoms with Gasteiger partial charge in [0.2, 0.25) is 11.8 Å². The van der Waals surface area contributed by atoms with Crippen LogP contribution < -0.4 is 5.32 Å². The van der Waals surface area contributed by atoms with Gasteiger partial charge in [-0.2, -0.15) is 0 Å². The lowest BCUT2D eigenvalue weighted by atomic mass is 9.80. The number of carbonyl (C=O) groups excluding carboxylic acids is 2. The lowest BCUT2D eigenvalue weighted by Crippen LogP contribution is -2.53. The van der Waals surface area contributed by atoms with Gasteiger partial charge in [-0.25, -0.2) is 0 Å². The number of aliphatic carboxylic acids is 1. The van der Waals surface area contributed by atoms with E-state index < -0.39 is 11.4 Å². The van der Waals surface area contributed by atoms with Crippen molar-refractivity contribution in [1.29, 1.82) is 0 Å². The molecule has 2 amide bonds. The topological polar surface area (TPSA) is 95.9 Å². The highest BCUT2D eigenvalue weighted by atomic mass is 16.5.